The Balaban J connectivity index is 2.14. The lowest BCUT2D eigenvalue weighted by molar-refractivity contribution is 0.421. The minimum absolute atomic E-state index is 0.615. The highest BCUT2D eigenvalue weighted by Crippen LogP contribution is 2.25. The lowest BCUT2D eigenvalue weighted by atomic mass is 10.0. The number of benzene rings is 1. The number of nitrogens with one attached hydrogen (secondary N) is 1. The first-order valence-corrected chi connectivity index (χ1v) is 7.77. The van der Waals surface area contributed by atoms with E-state index in [2.05, 4.69) is 55.3 Å². The van der Waals surface area contributed by atoms with Gasteiger partial charge in [-0.2, -0.15) is 0 Å². The summed E-state index contributed by atoms with van der Waals surface area (Å²) in [5.74, 6) is 0.756. The molecule has 2 nitrogen and oxygen atoms in total. The summed E-state index contributed by atoms with van der Waals surface area (Å²) in [4.78, 5) is 2.59. The molecule has 2 rings (SSSR count). The molecule has 1 atom stereocenters. The van der Waals surface area contributed by atoms with Crippen molar-refractivity contribution in [3.8, 4) is 0 Å². The first-order valence-electron chi connectivity index (χ1n) is 7.77. The smallest absolute Gasteiger partial charge is 0.0412 e. The van der Waals surface area contributed by atoms with Crippen molar-refractivity contribution >= 4 is 5.69 Å². The van der Waals surface area contributed by atoms with E-state index >= 15 is 0 Å². The third-order valence-electron chi connectivity index (χ3n) is 3.89. The zero-order valence-corrected chi connectivity index (χ0v) is 12.7. The van der Waals surface area contributed by atoms with Gasteiger partial charge in [0, 0.05) is 31.4 Å². The summed E-state index contributed by atoms with van der Waals surface area (Å²) >= 11 is 0. The third kappa shape index (κ3) is 3.97. The zero-order valence-electron chi connectivity index (χ0n) is 12.7. The molecule has 0 fully saturated rings. The number of hydrogen-bond acceptors (Lipinski definition) is 2. The van der Waals surface area contributed by atoms with Crippen LogP contribution in [0.15, 0.2) is 24.3 Å². The predicted octanol–water partition coefficient (Wildman–Crippen LogP) is 3.81. The van der Waals surface area contributed by atoms with Crippen LogP contribution in [0.1, 0.15) is 45.6 Å². The molecule has 0 saturated heterocycles. The van der Waals surface area contributed by atoms with Crippen LogP contribution in [0.5, 0.6) is 0 Å². The van der Waals surface area contributed by atoms with Gasteiger partial charge in [0.1, 0.15) is 0 Å². The van der Waals surface area contributed by atoms with Crippen molar-refractivity contribution < 1.29 is 0 Å². The molecule has 0 aromatic heterocycles. The fourth-order valence-corrected chi connectivity index (χ4v) is 2.94. The van der Waals surface area contributed by atoms with Crippen molar-refractivity contribution in [1.82, 2.24) is 5.32 Å². The SMILES string of the molecule is CCCCN1CC(CC(C)C)NCc2ccccc21. The molecule has 1 heterocycles. The van der Waals surface area contributed by atoms with Crippen LogP contribution in [-0.4, -0.2) is 19.1 Å². The monoisotopic (exact) mass is 260 g/mol. The zero-order chi connectivity index (χ0) is 13.7. The summed E-state index contributed by atoms with van der Waals surface area (Å²) < 4.78 is 0. The summed E-state index contributed by atoms with van der Waals surface area (Å²) in [7, 11) is 0. The average molecular weight is 260 g/mol. The maximum absolute atomic E-state index is 3.73. The van der Waals surface area contributed by atoms with Crippen molar-refractivity contribution in [1.29, 1.82) is 0 Å². The fraction of sp³-hybridized carbons (Fsp3) is 0.647. The molecule has 0 aliphatic carbocycles. The van der Waals surface area contributed by atoms with Gasteiger partial charge in [0.15, 0.2) is 0 Å². The highest BCUT2D eigenvalue weighted by Gasteiger charge is 2.21. The molecule has 1 N–H and O–H groups in total. The van der Waals surface area contributed by atoms with Crippen molar-refractivity contribution in [3.63, 3.8) is 0 Å². The molecule has 0 bridgehead atoms. The summed E-state index contributed by atoms with van der Waals surface area (Å²) in [6.45, 7) is 10.2. The number of fused-ring (bicyclic) bond motifs is 1. The molecule has 1 aromatic rings. The summed E-state index contributed by atoms with van der Waals surface area (Å²) in [5, 5.41) is 3.73. The van der Waals surface area contributed by atoms with Gasteiger partial charge in [0.2, 0.25) is 0 Å². The van der Waals surface area contributed by atoms with Crippen LogP contribution in [0.2, 0.25) is 0 Å². The Hall–Kier alpha value is -1.02. The Morgan fingerprint density at radius 2 is 2.11 bits per heavy atom. The molecule has 0 spiro atoms. The van der Waals surface area contributed by atoms with Gasteiger partial charge < -0.3 is 10.2 Å². The molecule has 19 heavy (non-hydrogen) atoms. The summed E-state index contributed by atoms with van der Waals surface area (Å²) in [5.41, 5.74) is 2.89. The van der Waals surface area contributed by atoms with Crippen LogP contribution in [-0.2, 0) is 6.54 Å². The van der Waals surface area contributed by atoms with E-state index in [0.29, 0.717) is 6.04 Å². The molecule has 1 aliphatic rings. The largest absolute Gasteiger partial charge is 0.370 e. The molecular weight excluding hydrogens is 232 g/mol. The molecule has 106 valence electrons. The van der Waals surface area contributed by atoms with Gasteiger partial charge in [-0.15, -0.1) is 0 Å². The molecule has 0 amide bonds. The van der Waals surface area contributed by atoms with Crippen molar-refractivity contribution in [3.05, 3.63) is 29.8 Å². The number of unbranched alkanes of at least 4 members (excludes halogenated alkanes) is 1. The maximum Gasteiger partial charge on any atom is 0.0412 e. The molecule has 2 heteroatoms. The second-order valence-corrected chi connectivity index (χ2v) is 6.14. The number of nitrogens with zero attached hydrogens (tertiary/aromatic N) is 1. The summed E-state index contributed by atoms with van der Waals surface area (Å²) in [6, 6.07) is 9.48. The second kappa shape index (κ2) is 6.95. The molecule has 0 saturated carbocycles. The van der Waals surface area contributed by atoms with Crippen LogP contribution in [0, 0.1) is 5.92 Å². The third-order valence-corrected chi connectivity index (χ3v) is 3.89. The van der Waals surface area contributed by atoms with Crippen LogP contribution < -0.4 is 10.2 Å². The quantitative estimate of drug-likeness (QED) is 0.866. The first kappa shape index (κ1) is 14.4. The van der Waals surface area contributed by atoms with Crippen LogP contribution >= 0.6 is 0 Å². The molecule has 1 unspecified atom stereocenters. The number of rotatable bonds is 5. The molecule has 0 radical (unpaired) electrons. The Morgan fingerprint density at radius 3 is 2.84 bits per heavy atom. The van der Waals surface area contributed by atoms with Crippen molar-refractivity contribution in [2.75, 3.05) is 18.0 Å². The average Bonchev–Trinajstić information content (AvgIpc) is 2.56. The lowest BCUT2D eigenvalue weighted by Crippen LogP contribution is -2.39. The van der Waals surface area contributed by atoms with Gasteiger partial charge in [0.25, 0.3) is 0 Å². The minimum Gasteiger partial charge on any atom is -0.370 e. The number of hydrogen-bond donors (Lipinski definition) is 1. The van der Waals surface area contributed by atoms with E-state index in [-0.39, 0.29) is 0 Å². The Labute approximate surface area is 118 Å². The first-order chi connectivity index (χ1) is 9.20. The molecule has 1 aliphatic heterocycles. The molecule has 1 aromatic carbocycles. The molecular formula is C17H28N2. The van der Waals surface area contributed by atoms with E-state index in [1.807, 2.05) is 0 Å². The van der Waals surface area contributed by atoms with E-state index in [4.69, 9.17) is 0 Å². The van der Waals surface area contributed by atoms with Crippen molar-refractivity contribution in [2.45, 2.75) is 52.6 Å². The lowest BCUT2D eigenvalue weighted by Gasteiger charge is -2.28. The topological polar surface area (TPSA) is 15.3 Å². The van der Waals surface area contributed by atoms with Gasteiger partial charge in [-0.3, -0.25) is 0 Å². The number of para-hydroxylation sites is 1. The van der Waals surface area contributed by atoms with Gasteiger partial charge in [0.05, 0.1) is 0 Å². The van der Waals surface area contributed by atoms with E-state index < -0.39 is 0 Å². The van der Waals surface area contributed by atoms with Crippen molar-refractivity contribution in [2.24, 2.45) is 5.92 Å². The fourth-order valence-electron chi connectivity index (χ4n) is 2.94. The van der Waals surface area contributed by atoms with Crippen LogP contribution in [0.4, 0.5) is 5.69 Å². The maximum atomic E-state index is 3.73. The minimum atomic E-state index is 0.615. The Bertz CT molecular complexity index is 387. The summed E-state index contributed by atoms with van der Waals surface area (Å²) in [6.07, 6.45) is 3.81. The predicted molar refractivity (Wildman–Crippen MR) is 83.6 cm³/mol. The number of anilines is 1. The van der Waals surface area contributed by atoms with Crippen LogP contribution in [0.25, 0.3) is 0 Å². The standard InChI is InChI=1S/C17H28N2/c1-4-5-10-19-13-16(11-14(2)3)18-12-15-8-6-7-9-17(15)19/h6-9,14,16,18H,4-5,10-13H2,1-3H3. The van der Waals surface area contributed by atoms with E-state index in [1.165, 1.54) is 37.1 Å². The van der Waals surface area contributed by atoms with Gasteiger partial charge in [-0.25, -0.2) is 0 Å². The van der Waals surface area contributed by atoms with E-state index in [9.17, 15) is 0 Å². The van der Waals surface area contributed by atoms with Gasteiger partial charge in [-0.05, 0) is 30.4 Å². The second-order valence-electron chi connectivity index (χ2n) is 6.14. The van der Waals surface area contributed by atoms with E-state index in [1.54, 1.807) is 0 Å². The van der Waals surface area contributed by atoms with Crippen LogP contribution in [0.3, 0.4) is 0 Å². The Kier molecular flexibility index (Phi) is 5.26. The highest BCUT2D eigenvalue weighted by atomic mass is 15.2. The normalized spacial score (nSPS) is 19.4. The highest BCUT2D eigenvalue weighted by molar-refractivity contribution is 5.54. The Morgan fingerprint density at radius 1 is 1.32 bits per heavy atom. The van der Waals surface area contributed by atoms with Gasteiger partial charge >= 0.3 is 0 Å². The van der Waals surface area contributed by atoms with E-state index in [0.717, 1.165) is 19.0 Å². The van der Waals surface area contributed by atoms with Gasteiger partial charge in [-0.1, -0.05) is 45.4 Å².